The monoisotopic (exact) mass is 443 g/mol. The number of benzene rings is 3. The van der Waals surface area contributed by atoms with Crippen molar-refractivity contribution in [1.82, 2.24) is 5.43 Å². The van der Waals surface area contributed by atoms with Crippen molar-refractivity contribution in [3.63, 3.8) is 0 Å². The molecule has 1 saturated heterocycles. The molecule has 1 fully saturated rings. The van der Waals surface area contributed by atoms with Gasteiger partial charge in [-0.25, -0.2) is 0 Å². The third-order valence-electron chi connectivity index (χ3n) is 5.23. The van der Waals surface area contributed by atoms with Gasteiger partial charge in [-0.15, -0.1) is 0 Å². The van der Waals surface area contributed by atoms with Gasteiger partial charge in [-0.2, -0.15) is 0 Å². The van der Waals surface area contributed by atoms with Crippen LogP contribution in [0.5, 0.6) is 5.75 Å². The summed E-state index contributed by atoms with van der Waals surface area (Å²) in [6, 6.07) is 23.2. The van der Waals surface area contributed by atoms with Gasteiger partial charge in [0.05, 0.1) is 5.69 Å². The number of nitrogen functional groups attached to an aromatic ring is 1. The Hall–Kier alpha value is -4.33. The first-order chi connectivity index (χ1) is 16.0. The summed E-state index contributed by atoms with van der Waals surface area (Å²) in [6.07, 6.45) is 0.418. The molecule has 1 heterocycles. The zero-order chi connectivity index (χ0) is 23.2. The molecule has 168 valence electrons. The van der Waals surface area contributed by atoms with Gasteiger partial charge in [0, 0.05) is 29.8 Å². The van der Waals surface area contributed by atoms with Gasteiger partial charge in [-0.3, -0.25) is 25.4 Å². The average molecular weight is 444 g/mol. The molecule has 0 bridgehead atoms. The topological polar surface area (TPSA) is 121 Å². The first-order valence-electron chi connectivity index (χ1n) is 10.6. The highest BCUT2D eigenvalue weighted by Crippen LogP contribution is 2.25. The fourth-order valence-electron chi connectivity index (χ4n) is 3.56. The molecule has 3 aromatic rings. The van der Waals surface area contributed by atoms with Gasteiger partial charge in [-0.05, 0) is 42.8 Å². The van der Waals surface area contributed by atoms with E-state index in [0.717, 1.165) is 18.7 Å². The van der Waals surface area contributed by atoms with Crippen molar-refractivity contribution in [3.05, 3.63) is 90.0 Å². The highest BCUT2D eigenvalue weighted by Gasteiger charge is 2.23. The predicted molar refractivity (Wildman–Crippen MR) is 127 cm³/mol. The number of rotatable bonds is 7. The molecule has 0 radical (unpaired) electrons. The van der Waals surface area contributed by atoms with Gasteiger partial charge >= 0.3 is 0 Å². The molecule has 1 unspecified atom stereocenters. The van der Waals surface area contributed by atoms with E-state index in [-0.39, 0.29) is 17.6 Å². The van der Waals surface area contributed by atoms with E-state index in [2.05, 4.69) is 10.7 Å². The Morgan fingerprint density at radius 1 is 1.06 bits per heavy atom. The lowest BCUT2D eigenvalue weighted by Gasteiger charge is -2.29. The Morgan fingerprint density at radius 3 is 2.52 bits per heavy atom. The van der Waals surface area contributed by atoms with Gasteiger partial charge in [0.1, 0.15) is 11.6 Å². The molecule has 1 atom stereocenters. The molecule has 0 aromatic heterocycles. The number of hydrogen-bond acceptors (Lipinski definition) is 5. The number of anilines is 2. The summed E-state index contributed by atoms with van der Waals surface area (Å²) in [5.74, 6) is 0.0119. The van der Waals surface area contributed by atoms with Crippen LogP contribution < -0.4 is 26.2 Å². The molecule has 3 aromatic carbocycles. The minimum Gasteiger partial charge on any atom is -0.476 e. The van der Waals surface area contributed by atoms with Crippen molar-refractivity contribution in [3.8, 4) is 5.75 Å². The molecular formula is C25H25N5O3. The van der Waals surface area contributed by atoms with Crippen LogP contribution in [0.1, 0.15) is 30.1 Å². The van der Waals surface area contributed by atoms with E-state index in [0.29, 0.717) is 29.0 Å². The van der Waals surface area contributed by atoms with E-state index in [1.54, 1.807) is 41.4 Å². The fourth-order valence-corrected chi connectivity index (χ4v) is 3.56. The first kappa shape index (κ1) is 21.9. The number of hydrazine groups is 1. The number of carbonyl (C=O) groups excluding carboxylic acids is 2. The number of amidine groups is 1. The summed E-state index contributed by atoms with van der Waals surface area (Å²) in [5, 5.41) is 12.3. The van der Waals surface area contributed by atoms with Gasteiger partial charge in [0.15, 0.2) is 0 Å². The van der Waals surface area contributed by atoms with Crippen molar-refractivity contribution in [2.75, 3.05) is 16.9 Å². The fraction of sp³-hybridized carbons (Fsp3) is 0.160. The second-order valence-corrected chi connectivity index (χ2v) is 7.68. The average Bonchev–Trinajstić information content (AvgIpc) is 2.83. The molecule has 33 heavy (non-hydrogen) atoms. The molecule has 1 aliphatic heterocycles. The van der Waals surface area contributed by atoms with Crippen LogP contribution in [0.3, 0.4) is 0 Å². The minimum absolute atomic E-state index is 0.00433. The van der Waals surface area contributed by atoms with Gasteiger partial charge < -0.3 is 15.8 Å². The van der Waals surface area contributed by atoms with Crippen molar-refractivity contribution in [2.24, 2.45) is 5.73 Å². The highest BCUT2D eigenvalue weighted by atomic mass is 16.5. The summed E-state index contributed by atoms with van der Waals surface area (Å²) in [6.45, 7) is 0.737. The lowest BCUT2D eigenvalue weighted by Crippen LogP contribution is -2.46. The number of hydrogen-bond donors (Lipinski definition) is 4. The van der Waals surface area contributed by atoms with Crippen LogP contribution in [0.2, 0.25) is 0 Å². The summed E-state index contributed by atoms with van der Waals surface area (Å²) >= 11 is 0. The van der Waals surface area contributed by atoms with Crippen LogP contribution >= 0.6 is 0 Å². The number of amides is 2. The number of nitrogens with zero attached hydrogens (tertiary/aromatic N) is 1. The molecule has 8 heteroatoms. The number of nitrogens with one attached hydrogen (secondary N) is 3. The van der Waals surface area contributed by atoms with E-state index in [1.807, 2.05) is 42.5 Å². The van der Waals surface area contributed by atoms with Crippen molar-refractivity contribution < 1.29 is 14.3 Å². The van der Waals surface area contributed by atoms with E-state index in [4.69, 9.17) is 15.9 Å². The Kier molecular flexibility index (Phi) is 6.54. The molecule has 8 nitrogen and oxygen atoms in total. The summed E-state index contributed by atoms with van der Waals surface area (Å²) in [7, 11) is 0. The van der Waals surface area contributed by atoms with Gasteiger partial charge in [0.2, 0.25) is 12.0 Å². The zero-order valence-corrected chi connectivity index (χ0v) is 18.0. The largest absolute Gasteiger partial charge is 0.476 e. The summed E-state index contributed by atoms with van der Waals surface area (Å²) < 4.78 is 6.04. The maximum absolute atomic E-state index is 13.2. The second kappa shape index (κ2) is 9.86. The number of carbonyl (C=O) groups is 2. The van der Waals surface area contributed by atoms with Crippen LogP contribution in [0.15, 0.2) is 78.9 Å². The first-order valence-corrected chi connectivity index (χ1v) is 10.6. The Bertz CT molecular complexity index is 1150. The third-order valence-corrected chi connectivity index (χ3v) is 5.23. The van der Waals surface area contributed by atoms with Crippen LogP contribution in [0, 0.1) is 5.41 Å². The Labute approximate surface area is 191 Å². The van der Waals surface area contributed by atoms with Crippen LogP contribution in [-0.2, 0) is 9.59 Å². The van der Waals surface area contributed by atoms with E-state index in [9.17, 15) is 9.59 Å². The Morgan fingerprint density at radius 2 is 1.82 bits per heavy atom. The van der Waals surface area contributed by atoms with Crippen LogP contribution in [0.25, 0.3) is 0 Å². The predicted octanol–water partition coefficient (Wildman–Crippen LogP) is 3.36. The molecule has 0 saturated carbocycles. The van der Waals surface area contributed by atoms with E-state index < -0.39 is 6.10 Å². The molecule has 0 spiro atoms. The van der Waals surface area contributed by atoms with Crippen LogP contribution in [0.4, 0.5) is 11.4 Å². The van der Waals surface area contributed by atoms with Crippen molar-refractivity contribution >= 4 is 29.0 Å². The maximum atomic E-state index is 13.2. The number of ether oxygens (including phenoxy) is 1. The van der Waals surface area contributed by atoms with Gasteiger partial charge in [0.25, 0.3) is 5.91 Å². The standard InChI is InChI=1S/C25H25N5O3/c26-24(27)18-8-4-9-21(16-18)33-23(17-6-2-1-3-7-17)25(32)28-19-11-13-20(14-12-19)30-15-5-10-22(31)29-30/h1-4,6-9,11-14,16,23H,5,10,15H2,(H3,26,27)(H,28,32)(H,29,31). The smallest absolute Gasteiger partial charge is 0.270 e. The SMILES string of the molecule is N=C(N)c1cccc(OC(C(=O)Nc2ccc(N3CCCC(=O)N3)cc2)c2ccccc2)c1. The van der Waals surface area contributed by atoms with Crippen molar-refractivity contribution in [2.45, 2.75) is 18.9 Å². The van der Waals surface area contributed by atoms with E-state index >= 15 is 0 Å². The normalized spacial score (nSPS) is 14.2. The zero-order valence-electron chi connectivity index (χ0n) is 18.0. The van der Waals surface area contributed by atoms with E-state index in [1.165, 1.54) is 0 Å². The third kappa shape index (κ3) is 5.48. The van der Waals surface area contributed by atoms with Crippen LogP contribution in [-0.4, -0.2) is 24.2 Å². The summed E-state index contributed by atoms with van der Waals surface area (Å²) in [5.41, 5.74) is 11.1. The summed E-state index contributed by atoms with van der Waals surface area (Å²) in [4.78, 5) is 24.8. The number of nitrogens with two attached hydrogens (primary N) is 1. The second-order valence-electron chi connectivity index (χ2n) is 7.68. The molecular weight excluding hydrogens is 418 g/mol. The highest BCUT2D eigenvalue weighted by molar-refractivity contribution is 5.96. The minimum atomic E-state index is -0.908. The molecule has 5 N–H and O–H groups in total. The quantitative estimate of drug-likeness (QED) is 0.330. The molecule has 4 rings (SSSR count). The Balaban J connectivity index is 1.51. The van der Waals surface area contributed by atoms with Crippen molar-refractivity contribution in [1.29, 1.82) is 5.41 Å². The van der Waals surface area contributed by atoms with Gasteiger partial charge in [-0.1, -0.05) is 42.5 Å². The lowest BCUT2D eigenvalue weighted by molar-refractivity contribution is -0.123. The molecule has 0 aliphatic carbocycles. The molecule has 2 amide bonds. The molecule has 1 aliphatic rings. The maximum Gasteiger partial charge on any atom is 0.270 e. The lowest BCUT2D eigenvalue weighted by atomic mass is 10.1.